The molecule has 0 bridgehead atoms. The largest absolute Gasteiger partial charge is 0.348 e. The standard InChI is InChI=1S/C16H15ClFNO/c17-13-6-3-7-15(13)19-16(20)12-8-9-14(18)11-5-2-1-4-10(11)12/h1-2,4-5,8-9,13,15H,3,6-7H2,(H,19,20). The van der Waals surface area contributed by atoms with Crippen molar-refractivity contribution in [3.05, 3.63) is 47.8 Å². The molecule has 1 aliphatic carbocycles. The average Bonchev–Trinajstić information content (AvgIpc) is 2.85. The summed E-state index contributed by atoms with van der Waals surface area (Å²) < 4.78 is 13.7. The van der Waals surface area contributed by atoms with Gasteiger partial charge in [-0.3, -0.25) is 4.79 Å². The number of alkyl halides is 1. The Hall–Kier alpha value is -1.61. The highest BCUT2D eigenvalue weighted by atomic mass is 35.5. The monoisotopic (exact) mass is 291 g/mol. The molecule has 0 saturated heterocycles. The second kappa shape index (κ2) is 5.41. The molecule has 0 aromatic heterocycles. The molecule has 20 heavy (non-hydrogen) atoms. The number of hydrogen-bond acceptors (Lipinski definition) is 1. The molecule has 1 aliphatic rings. The summed E-state index contributed by atoms with van der Waals surface area (Å²) in [7, 11) is 0. The lowest BCUT2D eigenvalue weighted by Crippen LogP contribution is -2.37. The van der Waals surface area contributed by atoms with E-state index in [0.717, 1.165) is 19.3 Å². The zero-order valence-electron chi connectivity index (χ0n) is 10.9. The van der Waals surface area contributed by atoms with E-state index >= 15 is 0 Å². The Bertz CT molecular complexity index is 658. The molecule has 1 amide bonds. The van der Waals surface area contributed by atoms with Crippen LogP contribution in [0, 0.1) is 5.82 Å². The number of nitrogens with one attached hydrogen (secondary N) is 1. The van der Waals surface area contributed by atoms with Crippen LogP contribution < -0.4 is 5.32 Å². The first-order valence-electron chi connectivity index (χ1n) is 6.79. The third-order valence-electron chi connectivity index (χ3n) is 3.86. The van der Waals surface area contributed by atoms with Crippen LogP contribution in [0.3, 0.4) is 0 Å². The van der Waals surface area contributed by atoms with Gasteiger partial charge in [0, 0.05) is 17.0 Å². The summed E-state index contributed by atoms with van der Waals surface area (Å²) in [6, 6.07) is 9.89. The summed E-state index contributed by atoms with van der Waals surface area (Å²) in [6.07, 6.45) is 2.86. The second-order valence-electron chi connectivity index (χ2n) is 5.17. The Morgan fingerprint density at radius 1 is 1.15 bits per heavy atom. The van der Waals surface area contributed by atoms with Crippen LogP contribution in [0.15, 0.2) is 36.4 Å². The van der Waals surface area contributed by atoms with Crippen LogP contribution in [-0.4, -0.2) is 17.3 Å². The first-order valence-corrected chi connectivity index (χ1v) is 7.22. The second-order valence-corrected chi connectivity index (χ2v) is 5.73. The smallest absolute Gasteiger partial charge is 0.252 e. The summed E-state index contributed by atoms with van der Waals surface area (Å²) in [5.74, 6) is -0.494. The number of carbonyl (C=O) groups is 1. The summed E-state index contributed by atoms with van der Waals surface area (Å²) >= 11 is 6.18. The van der Waals surface area contributed by atoms with Crippen LogP contribution in [0.25, 0.3) is 10.8 Å². The fourth-order valence-corrected chi connectivity index (χ4v) is 3.13. The number of amides is 1. The van der Waals surface area contributed by atoms with Gasteiger partial charge in [0.1, 0.15) is 5.82 Å². The van der Waals surface area contributed by atoms with E-state index in [-0.39, 0.29) is 23.1 Å². The summed E-state index contributed by atoms with van der Waals surface area (Å²) in [5.41, 5.74) is 0.498. The zero-order chi connectivity index (χ0) is 14.1. The van der Waals surface area contributed by atoms with Crippen molar-refractivity contribution in [1.29, 1.82) is 0 Å². The van der Waals surface area contributed by atoms with Crippen molar-refractivity contribution >= 4 is 28.3 Å². The molecular weight excluding hydrogens is 277 g/mol. The van der Waals surface area contributed by atoms with Gasteiger partial charge in [0.15, 0.2) is 0 Å². The number of fused-ring (bicyclic) bond motifs is 1. The summed E-state index contributed by atoms with van der Waals surface area (Å²) in [5, 5.41) is 4.05. The van der Waals surface area contributed by atoms with E-state index in [1.54, 1.807) is 24.3 Å². The van der Waals surface area contributed by atoms with Gasteiger partial charge in [0.05, 0.1) is 5.38 Å². The molecule has 0 spiro atoms. The van der Waals surface area contributed by atoms with E-state index in [4.69, 9.17) is 11.6 Å². The number of halogens is 2. The molecule has 2 atom stereocenters. The highest BCUT2D eigenvalue weighted by Crippen LogP contribution is 2.26. The van der Waals surface area contributed by atoms with Crippen molar-refractivity contribution in [2.75, 3.05) is 0 Å². The molecule has 0 radical (unpaired) electrons. The minimum atomic E-state index is -0.312. The molecule has 3 rings (SSSR count). The Balaban J connectivity index is 1.94. The van der Waals surface area contributed by atoms with Crippen LogP contribution >= 0.6 is 11.6 Å². The van der Waals surface area contributed by atoms with Crippen molar-refractivity contribution < 1.29 is 9.18 Å². The maximum Gasteiger partial charge on any atom is 0.252 e. The van der Waals surface area contributed by atoms with E-state index in [2.05, 4.69) is 5.32 Å². The summed E-state index contributed by atoms with van der Waals surface area (Å²) in [6.45, 7) is 0. The molecule has 2 aromatic rings. The van der Waals surface area contributed by atoms with Gasteiger partial charge in [-0.1, -0.05) is 24.3 Å². The Kier molecular flexibility index (Phi) is 3.62. The van der Waals surface area contributed by atoms with Gasteiger partial charge in [-0.15, -0.1) is 11.6 Å². The van der Waals surface area contributed by atoms with Gasteiger partial charge in [-0.05, 0) is 36.8 Å². The topological polar surface area (TPSA) is 29.1 Å². The molecule has 0 aliphatic heterocycles. The van der Waals surface area contributed by atoms with E-state index in [9.17, 15) is 9.18 Å². The van der Waals surface area contributed by atoms with Gasteiger partial charge in [-0.25, -0.2) is 4.39 Å². The fourth-order valence-electron chi connectivity index (χ4n) is 2.78. The maximum atomic E-state index is 13.7. The predicted octanol–water partition coefficient (Wildman–Crippen LogP) is 3.87. The van der Waals surface area contributed by atoms with Crippen molar-refractivity contribution in [2.45, 2.75) is 30.7 Å². The molecular formula is C16H15ClFNO. The lowest BCUT2D eigenvalue weighted by Gasteiger charge is -2.16. The fraction of sp³-hybridized carbons (Fsp3) is 0.312. The molecule has 0 heterocycles. The van der Waals surface area contributed by atoms with Crippen molar-refractivity contribution in [2.24, 2.45) is 0 Å². The molecule has 2 unspecified atom stereocenters. The van der Waals surface area contributed by atoms with Crippen molar-refractivity contribution in [1.82, 2.24) is 5.32 Å². The van der Waals surface area contributed by atoms with Crippen molar-refractivity contribution in [3.63, 3.8) is 0 Å². The highest BCUT2D eigenvalue weighted by molar-refractivity contribution is 6.21. The van der Waals surface area contributed by atoms with Crippen molar-refractivity contribution in [3.8, 4) is 0 Å². The number of carbonyl (C=O) groups excluding carboxylic acids is 1. The van der Waals surface area contributed by atoms with Crippen LogP contribution in [0.4, 0.5) is 4.39 Å². The zero-order valence-corrected chi connectivity index (χ0v) is 11.7. The molecule has 1 fully saturated rings. The van der Waals surface area contributed by atoms with Gasteiger partial charge in [-0.2, -0.15) is 0 Å². The molecule has 104 valence electrons. The third-order valence-corrected chi connectivity index (χ3v) is 4.39. The molecule has 4 heteroatoms. The lowest BCUT2D eigenvalue weighted by molar-refractivity contribution is 0.0940. The molecule has 1 N–H and O–H groups in total. The summed E-state index contributed by atoms with van der Waals surface area (Å²) in [4.78, 5) is 12.4. The first kappa shape index (κ1) is 13.4. The molecule has 2 nitrogen and oxygen atoms in total. The Morgan fingerprint density at radius 2 is 1.90 bits per heavy atom. The maximum absolute atomic E-state index is 13.7. The third kappa shape index (κ3) is 2.38. The van der Waals surface area contributed by atoms with Crippen LogP contribution in [0.2, 0.25) is 0 Å². The first-order chi connectivity index (χ1) is 9.66. The number of rotatable bonds is 2. The lowest BCUT2D eigenvalue weighted by atomic mass is 10.0. The number of benzene rings is 2. The van der Waals surface area contributed by atoms with E-state index in [1.807, 2.05) is 0 Å². The predicted molar refractivity (Wildman–Crippen MR) is 78.7 cm³/mol. The Labute approximate surface area is 121 Å². The quantitative estimate of drug-likeness (QED) is 0.836. The average molecular weight is 292 g/mol. The van der Waals surface area contributed by atoms with Crippen LogP contribution in [0.5, 0.6) is 0 Å². The normalized spacial score (nSPS) is 22.1. The molecule has 2 aromatic carbocycles. The van der Waals surface area contributed by atoms with Crippen LogP contribution in [0.1, 0.15) is 29.6 Å². The SMILES string of the molecule is O=C(NC1CCCC1Cl)c1ccc(F)c2ccccc12. The van der Waals surface area contributed by atoms with Gasteiger partial charge in [0.25, 0.3) is 5.91 Å². The highest BCUT2D eigenvalue weighted by Gasteiger charge is 2.27. The molecule has 1 saturated carbocycles. The Morgan fingerprint density at radius 3 is 2.60 bits per heavy atom. The minimum Gasteiger partial charge on any atom is -0.348 e. The van der Waals surface area contributed by atoms with Gasteiger partial charge >= 0.3 is 0 Å². The van der Waals surface area contributed by atoms with Gasteiger partial charge < -0.3 is 5.32 Å². The van der Waals surface area contributed by atoms with E-state index in [0.29, 0.717) is 16.3 Å². The van der Waals surface area contributed by atoms with Gasteiger partial charge in [0.2, 0.25) is 0 Å². The van der Waals surface area contributed by atoms with E-state index in [1.165, 1.54) is 12.1 Å². The van der Waals surface area contributed by atoms with E-state index < -0.39 is 0 Å². The van der Waals surface area contributed by atoms with Crippen LogP contribution in [-0.2, 0) is 0 Å². The number of hydrogen-bond donors (Lipinski definition) is 1. The minimum absolute atomic E-state index is 0.00739.